The monoisotopic (exact) mass is 280 g/mol. The van der Waals surface area contributed by atoms with Crippen molar-refractivity contribution >= 4 is 11.9 Å². The van der Waals surface area contributed by atoms with Gasteiger partial charge in [-0.15, -0.1) is 0 Å². The Balaban J connectivity index is 1.87. The Morgan fingerprint density at radius 1 is 1.35 bits per heavy atom. The molecule has 0 saturated heterocycles. The van der Waals surface area contributed by atoms with Crippen molar-refractivity contribution in [2.45, 2.75) is 51.5 Å². The standard InChI is InChI=1S/C14H20N2O4/c1-8(2)11-7-12(20-16-11)13(17)15-10-5-3-9(4-6-10)14(18)19/h7-10H,3-6H2,1-2H3,(H,15,17)(H,18,19). The van der Waals surface area contributed by atoms with Crippen LogP contribution in [0.2, 0.25) is 0 Å². The Labute approximate surface area is 117 Å². The lowest BCUT2D eigenvalue weighted by Gasteiger charge is -2.26. The van der Waals surface area contributed by atoms with Gasteiger partial charge in [0.15, 0.2) is 0 Å². The van der Waals surface area contributed by atoms with Crippen LogP contribution in [-0.4, -0.2) is 28.2 Å². The quantitative estimate of drug-likeness (QED) is 0.881. The van der Waals surface area contributed by atoms with Gasteiger partial charge in [-0.2, -0.15) is 0 Å². The molecule has 2 rings (SSSR count). The zero-order valence-electron chi connectivity index (χ0n) is 11.8. The number of nitrogens with zero attached hydrogens (tertiary/aromatic N) is 1. The summed E-state index contributed by atoms with van der Waals surface area (Å²) in [6, 6.07) is 1.67. The molecule has 1 aliphatic rings. The highest BCUT2D eigenvalue weighted by molar-refractivity contribution is 5.91. The van der Waals surface area contributed by atoms with Crippen molar-refractivity contribution in [3.05, 3.63) is 17.5 Å². The minimum absolute atomic E-state index is 0.0192. The molecule has 6 heteroatoms. The average molecular weight is 280 g/mol. The number of aromatic nitrogens is 1. The zero-order valence-corrected chi connectivity index (χ0v) is 11.8. The fourth-order valence-electron chi connectivity index (χ4n) is 2.41. The number of hydrogen-bond donors (Lipinski definition) is 2. The van der Waals surface area contributed by atoms with Gasteiger partial charge in [0.2, 0.25) is 5.76 Å². The lowest BCUT2D eigenvalue weighted by atomic mass is 9.86. The third-order valence-electron chi connectivity index (χ3n) is 3.76. The van der Waals surface area contributed by atoms with Crippen molar-refractivity contribution in [1.82, 2.24) is 10.5 Å². The fourth-order valence-corrected chi connectivity index (χ4v) is 2.41. The number of rotatable bonds is 4. The van der Waals surface area contributed by atoms with Gasteiger partial charge in [-0.1, -0.05) is 19.0 Å². The normalized spacial score (nSPS) is 22.8. The molecular weight excluding hydrogens is 260 g/mol. The molecule has 1 fully saturated rings. The van der Waals surface area contributed by atoms with Crippen LogP contribution in [0, 0.1) is 5.92 Å². The van der Waals surface area contributed by atoms with Crippen molar-refractivity contribution in [3.63, 3.8) is 0 Å². The van der Waals surface area contributed by atoms with E-state index >= 15 is 0 Å². The second-order valence-electron chi connectivity index (χ2n) is 5.63. The predicted molar refractivity (Wildman–Crippen MR) is 71.4 cm³/mol. The Morgan fingerprint density at radius 3 is 2.50 bits per heavy atom. The molecule has 0 radical (unpaired) electrons. The Hall–Kier alpha value is -1.85. The largest absolute Gasteiger partial charge is 0.481 e. The number of amides is 1. The van der Waals surface area contributed by atoms with E-state index in [-0.39, 0.29) is 29.5 Å². The van der Waals surface area contributed by atoms with Crippen LogP contribution in [0.15, 0.2) is 10.6 Å². The highest BCUT2D eigenvalue weighted by atomic mass is 16.5. The first-order chi connectivity index (χ1) is 9.47. The molecular formula is C14H20N2O4. The van der Waals surface area contributed by atoms with Crippen molar-refractivity contribution in [1.29, 1.82) is 0 Å². The summed E-state index contributed by atoms with van der Waals surface area (Å²) in [5.41, 5.74) is 0.754. The maximum absolute atomic E-state index is 12.0. The smallest absolute Gasteiger partial charge is 0.306 e. The molecule has 20 heavy (non-hydrogen) atoms. The Bertz CT molecular complexity index is 487. The summed E-state index contributed by atoms with van der Waals surface area (Å²) in [4.78, 5) is 22.9. The molecule has 0 atom stereocenters. The number of carboxylic acids is 1. The van der Waals surface area contributed by atoms with Gasteiger partial charge >= 0.3 is 5.97 Å². The summed E-state index contributed by atoms with van der Waals surface area (Å²) in [7, 11) is 0. The van der Waals surface area contributed by atoms with Gasteiger partial charge < -0.3 is 14.9 Å². The third kappa shape index (κ3) is 3.37. The molecule has 6 nitrogen and oxygen atoms in total. The minimum Gasteiger partial charge on any atom is -0.481 e. The number of carboxylic acid groups (broad SMARTS) is 1. The number of hydrogen-bond acceptors (Lipinski definition) is 4. The van der Waals surface area contributed by atoms with Crippen LogP contribution in [-0.2, 0) is 4.79 Å². The van der Waals surface area contributed by atoms with E-state index in [1.165, 1.54) is 0 Å². The first kappa shape index (κ1) is 14.6. The van der Waals surface area contributed by atoms with Gasteiger partial charge in [-0.3, -0.25) is 9.59 Å². The molecule has 0 aliphatic heterocycles. The van der Waals surface area contributed by atoms with Gasteiger partial charge in [-0.25, -0.2) is 0 Å². The van der Waals surface area contributed by atoms with E-state index in [1.54, 1.807) is 6.07 Å². The van der Waals surface area contributed by atoms with Crippen molar-refractivity contribution in [3.8, 4) is 0 Å². The molecule has 0 unspecified atom stereocenters. The van der Waals surface area contributed by atoms with E-state index in [2.05, 4.69) is 10.5 Å². The molecule has 0 bridgehead atoms. The van der Waals surface area contributed by atoms with Crippen LogP contribution in [0.1, 0.15) is 61.7 Å². The van der Waals surface area contributed by atoms with Crippen LogP contribution < -0.4 is 5.32 Å². The fraction of sp³-hybridized carbons (Fsp3) is 0.643. The Morgan fingerprint density at radius 2 is 2.00 bits per heavy atom. The molecule has 1 aromatic heterocycles. The van der Waals surface area contributed by atoms with Gasteiger partial charge in [0.05, 0.1) is 11.6 Å². The van der Waals surface area contributed by atoms with Crippen molar-refractivity contribution in [2.75, 3.05) is 0 Å². The maximum Gasteiger partial charge on any atom is 0.306 e. The van der Waals surface area contributed by atoms with Crippen LogP contribution >= 0.6 is 0 Å². The summed E-state index contributed by atoms with van der Waals surface area (Å²) in [6.07, 6.45) is 2.59. The summed E-state index contributed by atoms with van der Waals surface area (Å²) < 4.78 is 5.03. The van der Waals surface area contributed by atoms with Crippen LogP contribution in [0.25, 0.3) is 0 Å². The van der Waals surface area contributed by atoms with Gasteiger partial charge in [0.1, 0.15) is 0 Å². The number of nitrogens with one attached hydrogen (secondary N) is 1. The predicted octanol–water partition coefficient (Wildman–Crippen LogP) is 2.17. The van der Waals surface area contributed by atoms with Gasteiger partial charge in [0, 0.05) is 12.1 Å². The van der Waals surface area contributed by atoms with E-state index in [9.17, 15) is 9.59 Å². The number of aliphatic carboxylic acids is 1. The number of carbonyl (C=O) groups excluding carboxylic acids is 1. The molecule has 1 aliphatic carbocycles. The summed E-state index contributed by atoms with van der Waals surface area (Å²) in [6.45, 7) is 3.96. The Kier molecular flexibility index (Phi) is 4.42. The van der Waals surface area contributed by atoms with Crippen LogP contribution in [0.3, 0.4) is 0 Å². The molecule has 1 heterocycles. The lowest BCUT2D eigenvalue weighted by molar-refractivity contribution is -0.142. The SMILES string of the molecule is CC(C)c1cc(C(=O)NC2CCC(C(=O)O)CC2)on1. The summed E-state index contributed by atoms with van der Waals surface area (Å²) in [5, 5.41) is 15.7. The van der Waals surface area contributed by atoms with Gasteiger partial charge in [0.25, 0.3) is 5.91 Å². The maximum atomic E-state index is 12.0. The van der Waals surface area contributed by atoms with E-state index < -0.39 is 5.97 Å². The third-order valence-corrected chi connectivity index (χ3v) is 3.76. The van der Waals surface area contributed by atoms with E-state index in [4.69, 9.17) is 9.63 Å². The molecule has 2 N–H and O–H groups in total. The highest BCUT2D eigenvalue weighted by Gasteiger charge is 2.27. The van der Waals surface area contributed by atoms with E-state index in [0.29, 0.717) is 25.7 Å². The molecule has 0 spiro atoms. The number of carbonyl (C=O) groups is 2. The van der Waals surface area contributed by atoms with E-state index in [1.807, 2.05) is 13.8 Å². The molecule has 110 valence electrons. The average Bonchev–Trinajstić information content (AvgIpc) is 2.89. The molecule has 0 aromatic carbocycles. The summed E-state index contributed by atoms with van der Waals surface area (Å²) >= 11 is 0. The first-order valence-corrected chi connectivity index (χ1v) is 6.97. The van der Waals surface area contributed by atoms with Crippen LogP contribution in [0.4, 0.5) is 0 Å². The van der Waals surface area contributed by atoms with E-state index in [0.717, 1.165) is 5.69 Å². The summed E-state index contributed by atoms with van der Waals surface area (Å²) in [5.74, 6) is -0.865. The highest BCUT2D eigenvalue weighted by Crippen LogP contribution is 2.24. The molecule has 1 aromatic rings. The first-order valence-electron chi connectivity index (χ1n) is 6.97. The second kappa shape index (κ2) is 6.07. The van der Waals surface area contributed by atoms with Crippen molar-refractivity contribution < 1.29 is 19.2 Å². The van der Waals surface area contributed by atoms with Crippen LogP contribution in [0.5, 0.6) is 0 Å². The zero-order chi connectivity index (χ0) is 14.7. The minimum atomic E-state index is -0.744. The van der Waals surface area contributed by atoms with Gasteiger partial charge in [-0.05, 0) is 31.6 Å². The second-order valence-corrected chi connectivity index (χ2v) is 5.63. The lowest BCUT2D eigenvalue weighted by Crippen LogP contribution is -2.38. The van der Waals surface area contributed by atoms with Crippen molar-refractivity contribution in [2.24, 2.45) is 5.92 Å². The molecule has 1 amide bonds. The topological polar surface area (TPSA) is 92.4 Å². The molecule has 1 saturated carbocycles.